The number of rotatable bonds is 4. The maximum Gasteiger partial charge on any atom is 0.180 e. The summed E-state index contributed by atoms with van der Waals surface area (Å²) in [5.74, 6) is 0.897. The monoisotopic (exact) mass is 350 g/mol. The van der Waals surface area contributed by atoms with Crippen LogP contribution in [-0.4, -0.2) is 27.5 Å². The van der Waals surface area contributed by atoms with Crippen molar-refractivity contribution in [3.63, 3.8) is 0 Å². The van der Waals surface area contributed by atoms with Gasteiger partial charge in [0.05, 0.1) is 0 Å². The van der Waals surface area contributed by atoms with E-state index in [4.69, 9.17) is 0 Å². The molecule has 0 aliphatic heterocycles. The van der Waals surface area contributed by atoms with Crippen LogP contribution in [0.1, 0.15) is 11.8 Å². The van der Waals surface area contributed by atoms with E-state index in [0.29, 0.717) is 6.04 Å². The van der Waals surface area contributed by atoms with E-state index in [1.165, 1.54) is 4.88 Å². The Bertz CT molecular complexity index is 707. The lowest BCUT2D eigenvalue weighted by Gasteiger charge is -2.26. The minimum atomic E-state index is 0.357. The van der Waals surface area contributed by atoms with Crippen LogP contribution in [-0.2, 0) is 6.42 Å². The molecule has 0 radical (unpaired) electrons. The lowest BCUT2D eigenvalue weighted by Crippen LogP contribution is -2.31. The van der Waals surface area contributed by atoms with Crippen LogP contribution in [0.4, 0.5) is 5.82 Å². The van der Waals surface area contributed by atoms with Crippen molar-refractivity contribution < 1.29 is 0 Å². The second-order valence-corrected chi connectivity index (χ2v) is 6.63. The van der Waals surface area contributed by atoms with Gasteiger partial charge in [-0.15, -0.1) is 11.3 Å². The fourth-order valence-electron chi connectivity index (χ4n) is 2.19. The molecule has 4 nitrogen and oxygen atoms in total. The maximum atomic E-state index is 4.59. The SMILES string of the molecule is CC(Cc1cccs1)N(C)c1nc(Br)cn2ccnc12. The van der Waals surface area contributed by atoms with Crippen LogP contribution in [0.2, 0.25) is 0 Å². The Balaban J connectivity index is 1.91. The predicted octanol–water partition coefficient (Wildman–Crippen LogP) is 3.62. The Kier molecular flexibility index (Phi) is 3.76. The lowest BCUT2D eigenvalue weighted by atomic mass is 10.2. The number of thiophene rings is 1. The first-order valence-electron chi connectivity index (χ1n) is 6.39. The summed E-state index contributed by atoms with van der Waals surface area (Å²) < 4.78 is 2.80. The number of aromatic nitrogens is 3. The van der Waals surface area contributed by atoms with Crippen molar-refractivity contribution in [2.45, 2.75) is 19.4 Å². The summed E-state index contributed by atoms with van der Waals surface area (Å²) in [5.41, 5.74) is 0.883. The van der Waals surface area contributed by atoms with E-state index in [9.17, 15) is 0 Å². The fourth-order valence-corrected chi connectivity index (χ4v) is 3.40. The molecule has 3 heterocycles. The Labute approximate surface area is 130 Å². The van der Waals surface area contributed by atoms with E-state index in [-0.39, 0.29) is 0 Å². The summed E-state index contributed by atoms with van der Waals surface area (Å²) in [5, 5.41) is 2.12. The van der Waals surface area contributed by atoms with Gasteiger partial charge in [-0.25, -0.2) is 9.97 Å². The molecule has 0 aromatic carbocycles. The standard InChI is InChI=1S/C14H15BrN4S/c1-10(8-11-4-3-7-20-11)18(2)14-13-16-5-6-19(13)9-12(15)17-14/h3-7,9-10H,8H2,1-2H3. The number of likely N-dealkylation sites (N-methyl/N-ethyl adjacent to an activating group) is 1. The van der Waals surface area contributed by atoms with Crippen LogP contribution in [0.15, 0.2) is 40.7 Å². The van der Waals surface area contributed by atoms with Crippen molar-refractivity contribution in [1.29, 1.82) is 0 Å². The molecule has 0 fully saturated rings. The Morgan fingerprint density at radius 3 is 3.10 bits per heavy atom. The third kappa shape index (κ3) is 2.58. The van der Waals surface area contributed by atoms with Gasteiger partial charge in [0.15, 0.2) is 11.5 Å². The van der Waals surface area contributed by atoms with Gasteiger partial charge in [0.2, 0.25) is 0 Å². The minimum absolute atomic E-state index is 0.357. The van der Waals surface area contributed by atoms with Crippen LogP contribution in [0, 0.1) is 0 Å². The van der Waals surface area contributed by atoms with E-state index >= 15 is 0 Å². The second-order valence-electron chi connectivity index (χ2n) is 4.79. The Morgan fingerprint density at radius 1 is 1.50 bits per heavy atom. The average molecular weight is 351 g/mol. The first-order chi connectivity index (χ1) is 9.65. The van der Waals surface area contributed by atoms with Gasteiger partial charge >= 0.3 is 0 Å². The molecule has 0 spiro atoms. The smallest absolute Gasteiger partial charge is 0.180 e. The number of halogens is 1. The number of hydrogen-bond acceptors (Lipinski definition) is 4. The van der Waals surface area contributed by atoms with E-state index < -0.39 is 0 Å². The van der Waals surface area contributed by atoms with Crippen molar-refractivity contribution in [3.05, 3.63) is 45.6 Å². The minimum Gasteiger partial charge on any atom is -0.353 e. The maximum absolute atomic E-state index is 4.59. The molecular formula is C14H15BrN4S. The highest BCUT2D eigenvalue weighted by Crippen LogP contribution is 2.23. The molecule has 0 saturated heterocycles. The zero-order chi connectivity index (χ0) is 14.1. The summed E-state index contributed by atoms with van der Waals surface area (Å²) in [4.78, 5) is 12.6. The topological polar surface area (TPSA) is 33.4 Å². The summed E-state index contributed by atoms with van der Waals surface area (Å²) in [6.07, 6.45) is 6.66. The van der Waals surface area contributed by atoms with Gasteiger partial charge in [0.1, 0.15) is 4.60 Å². The van der Waals surface area contributed by atoms with Gasteiger partial charge in [-0.05, 0) is 34.3 Å². The molecule has 3 aromatic rings. The van der Waals surface area contributed by atoms with Crippen LogP contribution >= 0.6 is 27.3 Å². The van der Waals surface area contributed by atoms with E-state index in [1.807, 2.05) is 16.8 Å². The summed E-state index contributed by atoms with van der Waals surface area (Å²) >= 11 is 5.26. The van der Waals surface area contributed by atoms with Crippen molar-refractivity contribution in [2.24, 2.45) is 0 Å². The normalized spacial score (nSPS) is 12.8. The second kappa shape index (κ2) is 5.54. The number of fused-ring (bicyclic) bond motifs is 1. The Morgan fingerprint density at radius 2 is 2.35 bits per heavy atom. The summed E-state index contributed by atoms with van der Waals surface area (Å²) in [7, 11) is 2.07. The summed E-state index contributed by atoms with van der Waals surface area (Å²) in [6, 6.07) is 4.63. The molecule has 0 N–H and O–H groups in total. The molecule has 1 unspecified atom stereocenters. The van der Waals surface area contributed by atoms with Crippen molar-refractivity contribution in [2.75, 3.05) is 11.9 Å². The highest BCUT2D eigenvalue weighted by atomic mass is 79.9. The molecule has 1 atom stereocenters. The zero-order valence-corrected chi connectivity index (χ0v) is 13.7. The third-order valence-corrected chi connectivity index (χ3v) is 4.68. The largest absolute Gasteiger partial charge is 0.353 e. The van der Waals surface area contributed by atoms with Crippen LogP contribution in [0.5, 0.6) is 0 Å². The van der Waals surface area contributed by atoms with Crippen LogP contribution < -0.4 is 4.90 Å². The van der Waals surface area contributed by atoms with Crippen molar-refractivity contribution >= 4 is 38.7 Å². The predicted molar refractivity (Wildman–Crippen MR) is 86.6 cm³/mol. The van der Waals surface area contributed by atoms with Gasteiger partial charge in [0, 0.05) is 43.0 Å². The van der Waals surface area contributed by atoms with Gasteiger partial charge in [-0.3, -0.25) is 0 Å². The first-order valence-corrected chi connectivity index (χ1v) is 8.07. The molecule has 0 amide bonds. The number of imidazole rings is 1. The van der Waals surface area contributed by atoms with Crippen LogP contribution in [0.25, 0.3) is 5.65 Å². The average Bonchev–Trinajstić information content (AvgIpc) is 3.07. The molecular weight excluding hydrogens is 336 g/mol. The molecule has 6 heteroatoms. The highest BCUT2D eigenvalue weighted by molar-refractivity contribution is 9.10. The van der Waals surface area contributed by atoms with Crippen molar-refractivity contribution in [3.8, 4) is 0 Å². The van der Waals surface area contributed by atoms with Crippen LogP contribution in [0.3, 0.4) is 0 Å². The molecule has 104 valence electrons. The van der Waals surface area contributed by atoms with E-state index in [2.05, 4.69) is 62.3 Å². The molecule has 3 rings (SSSR count). The molecule has 0 aliphatic carbocycles. The zero-order valence-electron chi connectivity index (χ0n) is 11.3. The van der Waals surface area contributed by atoms with Gasteiger partial charge in [-0.2, -0.15) is 0 Å². The Hall–Kier alpha value is -1.40. The number of nitrogens with zero attached hydrogens (tertiary/aromatic N) is 4. The summed E-state index contributed by atoms with van der Waals surface area (Å²) in [6.45, 7) is 2.21. The van der Waals surface area contributed by atoms with Crippen molar-refractivity contribution in [1.82, 2.24) is 14.4 Å². The number of anilines is 1. The quantitative estimate of drug-likeness (QED) is 0.720. The van der Waals surface area contributed by atoms with Gasteiger partial charge in [0.25, 0.3) is 0 Å². The van der Waals surface area contributed by atoms with Gasteiger partial charge in [-0.1, -0.05) is 6.07 Å². The number of hydrogen-bond donors (Lipinski definition) is 0. The lowest BCUT2D eigenvalue weighted by molar-refractivity contribution is 0.679. The fraction of sp³-hybridized carbons (Fsp3) is 0.286. The molecule has 20 heavy (non-hydrogen) atoms. The third-order valence-electron chi connectivity index (χ3n) is 3.40. The molecule has 0 saturated carbocycles. The van der Waals surface area contributed by atoms with E-state index in [1.54, 1.807) is 17.5 Å². The molecule has 0 bridgehead atoms. The highest BCUT2D eigenvalue weighted by Gasteiger charge is 2.17. The molecule has 3 aromatic heterocycles. The first kappa shape index (κ1) is 13.6. The van der Waals surface area contributed by atoms with E-state index in [0.717, 1.165) is 22.5 Å². The van der Waals surface area contributed by atoms with Gasteiger partial charge < -0.3 is 9.30 Å². The molecule has 0 aliphatic rings.